The van der Waals surface area contributed by atoms with Crippen molar-refractivity contribution in [3.63, 3.8) is 0 Å². The number of carbonyl (C=O) groups excluding carboxylic acids is 2. The SMILES string of the molecule is CC(C)(C)C(=O)O[C@@H]1C[C@H](CCCOCc2ccccc2)N(C(=O)Oc2ccccc2)[C@@H]2C1=CC[C@H]1[C@@H]2S(=O)(=O)c2ccccc2S1(=O)=O. The van der Waals surface area contributed by atoms with Crippen molar-refractivity contribution < 1.29 is 40.6 Å². The van der Waals surface area contributed by atoms with Crippen molar-refractivity contribution in [3.05, 3.63) is 102 Å². The summed E-state index contributed by atoms with van der Waals surface area (Å²) in [4.78, 5) is 28.4. The maximum absolute atomic E-state index is 14.5. The third-order valence-corrected chi connectivity index (χ3v) is 14.2. The van der Waals surface area contributed by atoms with E-state index in [2.05, 4.69) is 0 Å². The number of benzene rings is 3. The van der Waals surface area contributed by atoms with Crippen molar-refractivity contribution in [2.45, 2.75) is 91.5 Å². The molecule has 1 amide bonds. The molecule has 6 rings (SSSR count). The van der Waals surface area contributed by atoms with Gasteiger partial charge in [-0.15, -0.1) is 0 Å². The van der Waals surface area contributed by atoms with E-state index >= 15 is 0 Å². The lowest BCUT2D eigenvalue weighted by molar-refractivity contribution is -0.159. The Morgan fingerprint density at radius 3 is 2.10 bits per heavy atom. The Morgan fingerprint density at radius 2 is 1.45 bits per heavy atom. The number of allylic oxidation sites excluding steroid dienone is 1. The number of rotatable bonds is 8. The Labute approximate surface area is 287 Å². The van der Waals surface area contributed by atoms with Gasteiger partial charge in [0.15, 0.2) is 19.7 Å². The van der Waals surface area contributed by atoms with Crippen LogP contribution >= 0.6 is 0 Å². The van der Waals surface area contributed by atoms with Crippen LogP contribution in [0.4, 0.5) is 4.79 Å². The highest BCUT2D eigenvalue weighted by atomic mass is 32.2. The second-order valence-corrected chi connectivity index (χ2v) is 17.9. The van der Waals surface area contributed by atoms with Crippen molar-refractivity contribution in [1.29, 1.82) is 0 Å². The van der Waals surface area contributed by atoms with Crippen LogP contribution in [0.1, 0.15) is 52.0 Å². The molecule has 0 bridgehead atoms. The largest absolute Gasteiger partial charge is 0.457 e. The highest BCUT2D eigenvalue weighted by Crippen LogP contribution is 2.48. The van der Waals surface area contributed by atoms with Gasteiger partial charge in [0.05, 0.1) is 33.1 Å². The number of hydrogen-bond donors (Lipinski definition) is 0. The Morgan fingerprint density at radius 1 is 0.837 bits per heavy atom. The first-order chi connectivity index (χ1) is 23.3. The van der Waals surface area contributed by atoms with Crippen molar-refractivity contribution >= 4 is 31.7 Å². The number of fused-ring (bicyclic) bond motifs is 4. The minimum Gasteiger partial charge on any atom is -0.457 e. The fourth-order valence-electron chi connectivity index (χ4n) is 6.94. The number of para-hydroxylation sites is 1. The Balaban J connectivity index is 1.41. The van der Waals surface area contributed by atoms with Gasteiger partial charge in [0, 0.05) is 19.1 Å². The Kier molecular flexibility index (Phi) is 9.76. The summed E-state index contributed by atoms with van der Waals surface area (Å²) in [6.07, 6.45) is 0.847. The smallest absolute Gasteiger partial charge is 0.416 e. The molecule has 3 aromatic carbocycles. The third-order valence-electron chi connectivity index (χ3n) is 9.33. The summed E-state index contributed by atoms with van der Waals surface area (Å²) in [5.41, 5.74) is 0.532. The van der Waals surface area contributed by atoms with E-state index in [9.17, 15) is 26.4 Å². The van der Waals surface area contributed by atoms with Crippen LogP contribution in [0.25, 0.3) is 0 Å². The summed E-state index contributed by atoms with van der Waals surface area (Å²) in [6.45, 7) is 5.91. The van der Waals surface area contributed by atoms with Gasteiger partial charge >= 0.3 is 12.1 Å². The molecule has 12 heteroatoms. The minimum absolute atomic E-state index is 0.116. The molecule has 2 aliphatic heterocycles. The van der Waals surface area contributed by atoms with Gasteiger partial charge in [-0.05, 0) is 75.4 Å². The number of piperidine rings is 1. The van der Waals surface area contributed by atoms with Gasteiger partial charge in [-0.25, -0.2) is 21.6 Å². The zero-order chi connectivity index (χ0) is 35.0. The van der Waals surface area contributed by atoms with E-state index in [4.69, 9.17) is 14.2 Å². The van der Waals surface area contributed by atoms with E-state index in [0.29, 0.717) is 31.6 Å². The molecule has 3 aromatic rings. The highest BCUT2D eigenvalue weighted by molar-refractivity contribution is 7.98. The van der Waals surface area contributed by atoms with E-state index in [0.717, 1.165) is 5.56 Å². The Bertz CT molecular complexity index is 1940. The number of hydrogen-bond acceptors (Lipinski definition) is 9. The van der Waals surface area contributed by atoms with Crippen LogP contribution in [-0.4, -0.2) is 69.1 Å². The first kappa shape index (κ1) is 34.8. The molecule has 0 N–H and O–H groups in total. The van der Waals surface area contributed by atoms with E-state index in [-0.39, 0.29) is 28.4 Å². The lowest BCUT2D eigenvalue weighted by atomic mass is 9.80. The van der Waals surface area contributed by atoms with Gasteiger partial charge in [0.1, 0.15) is 17.1 Å². The van der Waals surface area contributed by atoms with Crippen molar-refractivity contribution in [3.8, 4) is 5.75 Å². The maximum Gasteiger partial charge on any atom is 0.416 e. The standard InChI is InChI=1S/C37H41NO9S2/c1-37(2,3)35(39)47-29-23-26(15-12-22-45-24-25-13-6-4-7-14-25)38(36(40)46-27-16-8-5-9-17-27)33-28(29)20-21-32-34(33)49(43,44)31-19-11-10-18-30(31)48(32,41)42/h4-11,13-14,16-20,26,29,32-34H,12,15,21-24H2,1-3H3/t26-,29+,32-,33+,34-/m0/s1. The lowest BCUT2D eigenvalue weighted by Crippen LogP contribution is -2.66. The van der Waals surface area contributed by atoms with Crippen molar-refractivity contribution in [1.82, 2.24) is 4.90 Å². The van der Waals surface area contributed by atoms with Gasteiger partial charge in [0.2, 0.25) is 0 Å². The van der Waals surface area contributed by atoms with Gasteiger partial charge < -0.3 is 14.2 Å². The van der Waals surface area contributed by atoms with Crippen molar-refractivity contribution in [2.24, 2.45) is 5.41 Å². The fraction of sp³-hybridized carbons (Fsp3) is 0.405. The number of carbonyl (C=O) groups is 2. The predicted octanol–water partition coefficient (Wildman–Crippen LogP) is 5.91. The molecule has 49 heavy (non-hydrogen) atoms. The molecule has 10 nitrogen and oxygen atoms in total. The Hall–Kier alpha value is -4.00. The summed E-state index contributed by atoms with van der Waals surface area (Å²) in [7, 11) is -8.46. The topological polar surface area (TPSA) is 133 Å². The molecule has 0 spiro atoms. The molecule has 3 aliphatic rings. The molecule has 0 radical (unpaired) electrons. The summed E-state index contributed by atoms with van der Waals surface area (Å²) < 4.78 is 75.1. The molecule has 0 saturated carbocycles. The van der Waals surface area contributed by atoms with E-state index < -0.39 is 65.8 Å². The number of ether oxygens (including phenoxy) is 3. The molecule has 2 heterocycles. The van der Waals surface area contributed by atoms with Crippen LogP contribution in [0, 0.1) is 5.41 Å². The van der Waals surface area contributed by atoms with Gasteiger partial charge in [0.25, 0.3) is 0 Å². The number of nitrogens with zero attached hydrogens (tertiary/aromatic N) is 1. The third kappa shape index (κ3) is 6.91. The number of esters is 1. The van der Waals surface area contributed by atoms with E-state index in [1.54, 1.807) is 57.2 Å². The monoisotopic (exact) mass is 707 g/mol. The second-order valence-electron chi connectivity index (χ2n) is 13.7. The van der Waals surface area contributed by atoms with Crippen LogP contribution < -0.4 is 4.74 Å². The first-order valence-electron chi connectivity index (χ1n) is 16.4. The molecule has 0 unspecified atom stereocenters. The van der Waals surface area contributed by atoms with Crippen LogP contribution in [0.15, 0.2) is 106 Å². The zero-order valence-electron chi connectivity index (χ0n) is 27.7. The molecule has 5 atom stereocenters. The summed E-state index contributed by atoms with van der Waals surface area (Å²) in [5.74, 6) is -0.241. The fourth-order valence-corrected chi connectivity index (χ4v) is 12.4. The number of amides is 1. The molecule has 1 saturated heterocycles. The highest BCUT2D eigenvalue weighted by Gasteiger charge is 2.60. The van der Waals surface area contributed by atoms with E-state index in [1.807, 2.05) is 30.3 Å². The summed E-state index contributed by atoms with van der Waals surface area (Å²) in [6, 6.07) is 21.8. The van der Waals surface area contributed by atoms with Crippen LogP contribution in [0.5, 0.6) is 5.75 Å². The normalized spacial score (nSPS) is 25.2. The quantitative estimate of drug-likeness (QED) is 0.159. The molecule has 260 valence electrons. The van der Waals surface area contributed by atoms with Gasteiger partial charge in [-0.3, -0.25) is 9.69 Å². The van der Waals surface area contributed by atoms with Crippen LogP contribution in [0.2, 0.25) is 0 Å². The molecule has 1 fully saturated rings. The average molecular weight is 708 g/mol. The minimum atomic E-state index is -4.32. The van der Waals surface area contributed by atoms with Gasteiger partial charge in [-0.1, -0.05) is 66.7 Å². The number of likely N-dealkylation sites (tertiary alicyclic amines) is 1. The molecule has 0 aromatic heterocycles. The van der Waals surface area contributed by atoms with Gasteiger partial charge in [-0.2, -0.15) is 0 Å². The summed E-state index contributed by atoms with van der Waals surface area (Å²) >= 11 is 0. The van der Waals surface area contributed by atoms with Crippen LogP contribution in [0.3, 0.4) is 0 Å². The predicted molar refractivity (Wildman–Crippen MR) is 182 cm³/mol. The summed E-state index contributed by atoms with van der Waals surface area (Å²) in [5, 5.41) is -2.91. The first-order valence-corrected chi connectivity index (χ1v) is 19.5. The maximum atomic E-state index is 14.5. The van der Waals surface area contributed by atoms with Crippen molar-refractivity contribution in [2.75, 3.05) is 6.61 Å². The number of sulfone groups is 2. The zero-order valence-corrected chi connectivity index (χ0v) is 29.4. The average Bonchev–Trinajstić information content (AvgIpc) is 3.07. The molecule has 1 aliphatic carbocycles. The lowest BCUT2D eigenvalue weighted by Gasteiger charge is -2.52. The second kappa shape index (κ2) is 13.7. The van der Waals surface area contributed by atoms with E-state index in [1.165, 1.54) is 29.2 Å². The molecular formula is C37H41NO9S2. The van der Waals surface area contributed by atoms with Crippen LogP contribution in [-0.2, 0) is 40.5 Å². The molecular weight excluding hydrogens is 667 g/mol.